The molecule has 1 aromatic rings. The van der Waals surface area contributed by atoms with Crippen molar-refractivity contribution in [2.75, 3.05) is 24.5 Å². The Hall–Kier alpha value is -1.06. The molecule has 0 bridgehead atoms. The Morgan fingerprint density at radius 1 is 1.29 bits per heavy atom. The monoisotopic (exact) mass is 288 g/mol. The maximum atomic E-state index is 10.1. The summed E-state index contributed by atoms with van der Waals surface area (Å²) in [6, 6.07) is 9.14. The van der Waals surface area contributed by atoms with Gasteiger partial charge in [0.25, 0.3) is 0 Å². The minimum atomic E-state index is -0.0807. The normalized spacial score (nSPS) is 29.7. The van der Waals surface area contributed by atoms with Gasteiger partial charge in [-0.2, -0.15) is 0 Å². The molecule has 4 atom stereocenters. The first kappa shape index (κ1) is 14.9. The quantitative estimate of drug-likeness (QED) is 0.874. The van der Waals surface area contributed by atoms with Gasteiger partial charge in [0, 0.05) is 30.7 Å². The van der Waals surface area contributed by atoms with E-state index in [1.165, 1.54) is 17.7 Å². The van der Waals surface area contributed by atoms with Crippen LogP contribution in [0.1, 0.15) is 44.7 Å². The van der Waals surface area contributed by atoms with Gasteiger partial charge in [-0.1, -0.05) is 25.1 Å². The number of benzene rings is 1. The second-order valence-corrected chi connectivity index (χ2v) is 6.71. The largest absolute Gasteiger partial charge is 0.393 e. The Balaban J connectivity index is 1.77. The maximum Gasteiger partial charge on any atom is 0.0588 e. The Bertz CT molecular complexity index is 476. The highest BCUT2D eigenvalue weighted by Gasteiger charge is 2.42. The van der Waals surface area contributed by atoms with Gasteiger partial charge in [0.2, 0.25) is 0 Å². The van der Waals surface area contributed by atoms with Crippen LogP contribution in [0, 0.1) is 11.8 Å². The van der Waals surface area contributed by atoms with Gasteiger partial charge in [0.05, 0.1) is 6.10 Å². The molecular weight excluding hydrogens is 260 g/mol. The number of hydrogen-bond donors (Lipinski definition) is 2. The predicted octanol–water partition coefficient (Wildman–Crippen LogP) is 2.95. The van der Waals surface area contributed by atoms with Crippen molar-refractivity contribution >= 4 is 5.69 Å². The first-order valence-electron chi connectivity index (χ1n) is 8.46. The van der Waals surface area contributed by atoms with Crippen LogP contribution >= 0.6 is 0 Å². The molecule has 21 heavy (non-hydrogen) atoms. The molecule has 1 saturated heterocycles. The van der Waals surface area contributed by atoms with Crippen LogP contribution < -0.4 is 10.2 Å². The molecule has 0 aromatic heterocycles. The number of anilines is 1. The average molecular weight is 288 g/mol. The molecular formula is C18H28N2O. The number of aliphatic hydroxyl groups excluding tert-OH is 1. The third kappa shape index (κ3) is 2.95. The first-order chi connectivity index (χ1) is 10.2. The Labute approximate surface area is 128 Å². The van der Waals surface area contributed by atoms with Gasteiger partial charge in [0.15, 0.2) is 0 Å². The van der Waals surface area contributed by atoms with Gasteiger partial charge in [-0.25, -0.2) is 0 Å². The van der Waals surface area contributed by atoms with Crippen LogP contribution in [0.3, 0.4) is 0 Å². The van der Waals surface area contributed by atoms with Crippen molar-refractivity contribution in [1.29, 1.82) is 0 Å². The third-order valence-corrected chi connectivity index (χ3v) is 5.26. The van der Waals surface area contributed by atoms with E-state index < -0.39 is 0 Å². The average Bonchev–Trinajstić information content (AvgIpc) is 3.07. The van der Waals surface area contributed by atoms with Gasteiger partial charge in [-0.15, -0.1) is 0 Å². The Kier molecular flexibility index (Phi) is 4.51. The number of nitrogens with zero attached hydrogens (tertiary/aromatic N) is 1. The second kappa shape index (κ2) is 6.37. The number of nitrogens with one attached hydrogen (secondary N) is 1. The van der Waals surface area contributed by atoms with E-state index in [2.05, 4.69) is 48.3 Å². The molecule has 1 aromatic carbocycles. The molecule has 116 valence electrons. The molecule has 4 unspecified atom stereocenters. The Morgan fingerprint density at radius 3 is 2.86 bits per heavy atom. The van der Waals surface area contributed by atoms with Crippen molar-refractivity contribution in [1.82, 2.24) is 5.32 Å². The van der Waals surface area contributed by atoms with Gasteiger partial charge in [0.1, 0.15) is 0 Å². The fourth-order valence-electron chi connectivity index (χ4n) is 4.05. The van der Waals surface area contributed by atoms with Gasteiger partial charge >= 0.3 is 0 Å². The molecule has 2 N–H and O–H groups in total. The molecule has 1 aliphatic heterocycles. The fourth-order valence-corrected chi connectivity index (χ4v) is 4.05. The van der Waals surface area contributed by atoms with E-state index >= 15 is 0 Å². The van der Waals surface area contributed by atoms with Crippen molar-refractivity contribution in [3.8, 4) is 0 Å². The zero-order valence-electron chi connectivity index (χ0n) is 13.3. The predicted molar refractivity (Wildman–Crippen MR) is 87.6 cm³/mol. The van der Waals surface area contributed by atoms with E-state index in [1.54, 1.807) is 0 Å². The topological polar surface area (TPSA) is 35.5 Å². The summed E-state index contributed by atoms with van der Waals surface area (Å²) in [6.07, 6.45) is 3.27. The van der Waals surface area contributed by atoms with Crippen molar-refractivity contribution in [3.63, 3.8) is 0 Å². The number of hydrogen-bond acceptors (Lipinski definition) is 3. The molecule has 2 fully saturated rings. The molecule has 2 aliphatic rings. The smallest absolute Gasteiger partial charge is 0.0588 e. The zero-order valence-corrected chi connectivity index (χ0v) is 13.3. The van der Waals surface area contributed by atoms with E-state index in [9.17, 15) is 5.11 Å². The minimum Gasteiger partial charge on any atom is -0.393 e. The van der Waals surface area contributed by atoms with Crippen LogP contribution in [0.5, 0.6) is 0 Å². The molecule has 3 rings (SSSR count). The lowest BCUT2D eigenvalue weighted by molar-refractivity contribution is 0.133. The third-order valence-electron chi connectivity index (χ3n) is 5.26. The molecule has 1 aliphatic carbocycles. The fraction of sp³-hybridized carbons (Fsp3) is 0.667. The van der Waals surface area contributed by atoms with E-state index in [1.807, 2.05) is 0 Å². The maximum absolute atomic E-state index is 10.1. The standard InChI is InChI=1S/C18H28N2O/c1-3-10-19-13(2)15-6-4-5-7-17(15)20-11-14-8-9-18(21)16(14)12-20/h4-7,13-14,16,18-19,21H,3,8-12H2,1-2H3. The lowest BCUT2D eigenvalue weighted by atomic mass is 10.00. The van der Waals surface area contributed by atoms with E-state index in [4.69, 9.17) is 0 Å². The summed E-state index contributed by atoms with van der Waals surface area (Å²) >= 11 is 0. The minimum absolute atomic E-state index is 0.0807. The van der Waals surface area contributed by atoms with Crippen LogP contribution in [0.25, 0.3) is 0 Å². The Morgan fingerprint density at radius 2 is 2.10 bits per heavy atom. The molecule has 3 heteroatoms. The van der Waals surface area contributed by atoms with Crippen LogP contribution in [-0.4, -0.2) is 30.8 Å². The number of aliphatic hydroxyl groups is 1. The summed E-state index contributed by atoms with van der Waals surface area (Å²) in [5.41, 5.74) is 2.75. The summed E-state index contributed by atoms with van der Waals surface area (Å²) < 4.78 is 0. The molecule has 0 amide bonds. The summed E-state index contributed by atoms with van der Waals surface area (Å²) in [7, 11) is 0. The van der Waals surface area contributed by atoms with Gasteiger partial charge < -0.3 is 15.3 Å². The molecule has 3 nitrogen and oxygen atoms in total. The lowest BCUT2D eigenvalue weighted by Gasteiger charge is -2.26. The van der Waals surface area contributed by atoms with E-state index in [-0.39, 0.29) is 6.10 Å². The van der Waals surface area contributed by atoms with Crippen molar-refractivity contribution in [2.45, 2.75) is 45.3 Å². The van der Waals surface area contributed by atoms with Crippen molar-refractivity contribution in [3.05, 3.63) is 29.8 Å². The van der Waals surface area contributed by atoms with E-state index in [0.29, 0.717) is 17.9 Å². The van der Waals surface area contributed by atoms with Crippen LogP contribution in [-0.2, 0) is 0 Å². The second-order valence-electron chi connectivity index (χ2n) is 6.71. The first-order valence-corrected chi connectivity index (χ1v) is 8.46. The zero-order chi connectivity index (χ0) is 14.8. The molecule has 0 radical (unpaired) electrons. The van der Waals surface area contributed by atoms with Crippen molar-refractivity contribution < 1.29 is 5.11 Å². The van der Waals surface area contributed by atoms with Crippen LogP contribution in [0.2, 0.25) is 0 Å². The van der Waals surface area contributed by atoms with Crippen molar-refractivity contribution in [2.24, 2.45) is 11.8 Å². The lowest BCUT2D eigenvalue weighted by Crippen LogP contribution is -2.27. The van der Waals surface area contributed by atoms with Gasteiger partial charge in [-0.3, -0.25) is 0 Å². The van der Waals surface area contributed by atoms with E-state index in [0.717, 1.165) is 32.5 Å². The summed E-state index contributed by atoms with van der Waals surface area (Å²) in [4.78, 5) is 2.50. The highest BCUT2D eigenvalue weighted by Crippen LogP contribution is 2.41. The summed E-state index contributed by atoms with van der Waals surface area (Å²) in [5, 5.41) is 13.7. The SMILES string of the molecule is CCCNC(C)c1ccccc1N1CC2CCC(O)C2C1. The number of rotatable bonds is 5. The van der Waals surface area contributed by atoms with Crippen LogP contribution in [0.15, 0.2) is 24.3 Å². The highest BCUT2D eigenvalue weighted by atomic mass is 16.3. The van der Waals surface area contributed by atoms with Gasteiger partial charge in [-0.05, 0) is 50.3 Å². The molecule has 1 saturated carbocycles. The van der Waals surface area contributed by atoms with Crippen LogP contribution in [0.4, 0.5) is 5.69 Å². The highest BCUT2D eigenvalue weighted by molar-refractivity contribution is 5.56. The molecule has 1 heterocycles. The molecule has 0 spiro atoms. The number of para-hydroxylation sites is 1. The summed E-state index contributed by atoms with van der Waals surface area (Å²) in [6.45, 7) is 7.64. The number of fused-ring (bicyclic) bond motifs is 1. The summed E-state index contributed by atoms with van der Waals surface area (Å²) in [5.74, 6) is 1.17.